The summed E-state index contributed by atoms with van der Waals surface area (Å²) in [6.45, 7) is 7.13. The number of anilines is 1. The van der Waals surface area contributed by atoms with Gasteiger partial charge in [-0.05, 0) is 42.3 Å². The first-order chi connectivity index (χ1) is 10.7. The van der Waals surface area contributed by atoms with Gasteiger partial charge in [-0.3, -0.25) is 10.1 Å². The Labute approximate surface area is 127 Å². The molecule has 2 aromatic rings. The monoisotopic (exact) mass is 305 g/mol. The van der Waals surface area contributed by atoms with Crippen LogP contribution in [-0.2, 0) is 0 Å². The van der Waals surface area contributed by atoms with Gasteiger partial charge in [0.25, 0.3) is 0 Å². The molecule has 0 radical (unpaired) electrons. The number of benzene rings is 1. The van der Waals surface area contributed by atoms with Crippen molar-refractivity contribution in [2.75, 3.05) is 37.6 Å². The Morgan fingerprint density at radius 2 is 2.05 bits per heavy atom. The van der Waals surface area contributed by atoms with Crippen molar-refractivity contribution >= 4 is 22.4 Å². The van der Waals surface area contributed by atoms with E-state index in [1.165, 1.54) is 6.07 Å². The quantitative estimate of drug-likeness (QED) is 0.631. The molecule has 0 bridgehead atoms. The Bertz CT molecular complexity index is 672. The van der Waals surface area contributed by atoms with Crippen molar-refractivity contribution in [1.82, 2.24) is 15.2 Å². The van der Waals surface area contributed by atoms with Gasteiger partial charge in [-0.25, -0.2) is 4.63 Å². The lowest BCUT2D eigenvalue weighted by Crippen LogP contribution is -2.31. The zero-order valence-corrected chi connectivity index (χ0v) is 12.6. The molecule has 1 aromatic heterocycles. The van der Waals surface area contributed by atoms with Crippen LogP contribution in [0.2, 0.25) is 0 Å². The molecule has 1 aliphatic heterocycles. The molecule has 1 saturated heterocycles. The molecule has 1 aliphatic rings. The van der Waals surface area contributed by atoms with E-state index in [2.05, 4.69) is 27.0 Å². The Balaban J connectivity index is 1.89. The van der Waals surface area contributed by atoms with Crippen LogP contribution in [0, 0.1) is 10.1 Å². The first-order valence-electron chi connectivity index (χ1n) is 7.57. The van der Waals surface area contributed by atoms with E-state index in [0.717, 1.165) is 51.3 Å². The van der Waals surface area contributed by atoms with E-state index in [9.17, 15) is 10.1 Å². The molecule has 0 aliphatic carbocycles. The van der Waals surface area contributed by atoms with Gasteiger partial charge in [0.2, 0.25) is 5.52 Å². The van der Waals surface area contributed by atoms with Gasteiger partial charge in [-0.2, -0.15) is 0 Å². The number of hydrogen-bond donors (Lipinski definition) is 0. The van der Waals surface area contributed by atoms with Gasteiger partial charge in [0.1, 0.15) is 0 Å². The maximum atomic E-state index is 11.0. The molecule has 8 heteroatoms. The maximum absolute atomic E-state index is 11.0. The van der Waals surface area contributed by atoms with E-state index in [-0.39, 0.29) is 11.2 Å². The third kappa shape index (κ3) is 2.74. The number of non-ortho nitro benzene ring substituents is 1. The van der Waals surface area contributed by atoms with E-state index >= 15 is 0 Å². The fourth-order valence-corrected chi connectivity index (χ4v) is 2.99. The molecule has 0 unspecified atom stereocenters. The third-order valence-corrected chi connectivity index (χ3v) is 4.04. The van der Waals surface area contributed by atoms with Crippen LogP contribution in [0.5, 0.6) is 0 Å². The second-order valence-electron chi connectivity index (χ2n) is 5.50. The Morgan fingerprint density at radius 1 is 1.23 bits per heavy atom. The summed E-state index contributed by atoms with van der Waals surface area (Å²) < 4.78 is 4.74. The average molecular weight is 305 g/mol. The largest absolute Gasteiger partial charge is 0.368 e. The summed E-state index contributed by atoms with van der Waals surface area (Å²) in [7, 11) is 0. The zero-order valence-electron chi connectivity index (χ0n) is 12.6. The lowest BCUT2D eigenvalue weighted by atomic mass is 10.2. The van der Waals surface area contributed by atoms with Crippen molar-refractivity contribution in [2.45, 2.75) is 19.8 Å². The van der Waals surface area contributed by atoms with Crippen molar-refractivity contribution in [3.8, 4) is 0 Å². The summed E-state index contributed by atoms with van der Waals surface area (Å²) in [6.07, 6.45) is 2.21. The molecule has 1 fully saturated rings. The van der Waals surface area contributed by atoms with Crippen molar-refractivity contribution < 1.29 is 9.55 Å². The third-order valence-electron chi connectivity index (χ3n) is 4.04. The minimum atomic E-state index is -0.457. The van der Waals surface area contributed by atoms with Crippen LogP contribution in [0.15, 0.2) is 16.8 Å². The van der Waals surface area contributed by atoms with Gasteiger partial charge in [-0.15, -0.1) is 0 Å². The van der Waals surface area contributed by atoms with Crippen molar-refractivity contribution in [3.05, 3.63) is 22.2 Å². The molecule has 3 rings (SSSR count). The molecule has 1 aromatic carbocycles. The van der Waals surface area contributed by atoms with E-state index in [1.54, 1.807) is 6.07 Å². The van der Waals surface area contributed by atoms with Gasteiger partial charge >= 0.3 is 5.69 Å². The summed E-state index contributed by atoms with van der Waals surface area (Å²) >= 11 is 0. The SMILES string of the molecule is CCCN1CCCN(c2ccc([N+](=O)[O-])c3nonc23)CC1. The number of aromatic nitrogens is 2. The molecule has 0 spiro atoms. The van der Waals surface area contributed by atoms with Crippen LogP contribution >= 0.6 is 0 Å². The first kappa shape index (κ1) is 14.7. The number of hydrogen-bond acceptors (Lipinski definition) is 7. The lowest BCUT2D eigenvalue weighted by molar-refractivity contribution is -0.383. The van der Waals surface area contributed by atoms with Gasteiger partial charge in [-0.1, -0.05) is 6.92 Å². The van der Waals surface area contributed by atoms with Crippen LogP contribution in [0.4, 0.5) is 11.4 Å². The molecule has 0 saturated carbocycles. The summed E-state index contributed by atoms with van der Waals surface area (Å²) in [4.78, 5) is 15.3. The van der Waals surface area contributed by atoms with E-state index < -0.39 is 4.92 Å². The molecular weight excluding hydrogens is 286 g/mol. The highest BCUT2D eigenvalue weighted by Crippen LogP contribution is 2.31. The van der Waals surface area contributed by atoms with Crippen LogP contribution in [0.3, 0.4) is 0 Å². The predicted octanol–water partition coefficient (Wildman–Crippen LogP) is 2.05. The van der Waals surface area contributed by atoms with E-state index in [0.29, 0.717) is 5.52 Å². The molecule has 0 atom stereocenters. The van der Waals surface area contributed by atoms with Gasteiger partial charge < -0.3 is 9.80 Å². The molecule has 8 nitrogen and oxygen atoms in total. The summed E-state index contributed by atoms with van der Waals surface area (Å²) in [5, 5.41) is 18.6. The number of rotatable bonds is 4. The number of nitrogens with zero attached hydrogens (tertiary/aromatic N) is 5. The maximum Gasteiger partial charge on any atom is 0.300 e. The van der Waals surface area contributed by atoms with Crippen molar-refractivity contribution in [3.63, 3.8) is 0 Å². The van der Waals surface area contributed by atoms with E-state index in [1.807, 2.05) is 0 Å². The smallest absolute Gasteiger partial charge is 0.300 e. The second kappa shape index (κ2) is 6.27. The van der Waals surface area contributed by atoms with Crippen LogP contribution in [0.1, 0.15) is 19.8 Å². The van der Waals surface area contributed by atoms with Crippen molar-refractivity contribution in [2.24, 2.45) is 0 Å². The number of nitro groups is 1. The molecule has 118 valence electrons. The Hall–Kier alpha value is -2.22. The summed E-state index contributed by atoms with van der Waals surface area (Å²) in [5.74, 6) is 0. The topological polar surface area (TPSA) is 88.5 Å². The summed E-state index contributed by atoms with van der Waals surface area (Å²) in [6, 6.07) is 3.23. The molecular formula is C14H19N5O3. The molecule has 0 amide bonds. The standard InChI is InChI=1S/C14H19N5O3/c1-2-6-17-7-3-8-18(10-9-17)11-4-5-12(19(20)21)14-13(11)15-22-16-14/h4-5H,2-3,6-10H2,1H3. The fraction of sp³-hybridized carbons (Fsp3) is 0.571. The van der Waals surface area contributed by atoms with Crippen LogP contribution < -0.4 is 4.90 Å². The Morgan fingerprint density at radius 3 is 2.82 bits per heavy atom. The highest BCUT2D eigenvalue weighted by molar-refractivity contribution is 5.93. The highest BCUT2D eigenvalue weighted by Gasteiger charge is 2.23. The Kier molecular flexibility index (Phi) is 4.19. The zero-order chi connectivity index (χ0) is 15.5. The molecule has 22 heavy (non-hydrogen) atoms. The average Bonchev–Trinajstić information content (AvgIpc) is 2.87. The number of nitro benzene ring substituents is 1. The minimum absolute atomic E-state index is 0.0672. The van der Waals surface area contributed by atoms with Gasteiger partial charge in [0, 0.05) is 25.7 Å². The normalized spacial score (nSPS) is 16.9. The second-order valence-corrected chi connectivity index (χ2v) is 5.50. The highest BCUT2D eigenvalue weighted by atomic mass is 16.6. The van der Waals surface area contributed by atoms with Gasteiger partial charge in [0.05, 0.1) is 10.6 Å². The van der Waals surface area contributed by atoms with Crippen LogP contribution in [0.25, 0.3) is 11.0 Å². The van der Waals surface area contributed by atoms with E-state index in [4.69, 9.17) is 4.63 Å². The van der Waals surface area contributed by atoms with Gasteiger partial charge in [0.15, 0.2) is 5.52 Å². The predicted molar refractivity (Wildman–Crippen MR) is 82.0 cm³/mol. The molecule has 2 heterocycles. The fourth-order valence-electron chi connectivity index (χ4n) is 2.99. The minimum Gasteiger partial charge on any atom is -0.368 e. The first-order valence-corrected chi connectivity index (χ1v) is 7.57. The van der Waals surface area contributed by atoms with Crippen LogP contribution in [-0.4, -0.2) is 52.9 Å². The number of fused-ring (bicyclic) bond motifs is 1. The molecule has 0 N–H and O–H groups in total. The summed E-state index contributed by atoms with van der Waals surface area (Å²) in [5.41, 5.74) is 1.48. The van der Waals surface area contributed by atoms with Crippen molar-refractivity contribution in [1.29, 1.82) is 0 Å². The lowest BCUT2D eigenvalue weighted by Gasteiger charge is -2.23.